The first kappa shape index (κ1) is 37.0. The molecule has 0 aromatic heterocycles. The molecule has 1 saturated carbocycles. The van der Waals surface area contributed by atoms with Crippen LogP contribution in [0.1, 0.15) is 78.1 Å². The van der Waals surface area contributed by atoms with Crippen molar-refractivity contribution in [2.75, 3.05) is 39.2 Å². The molecule has 3 unspecified atom stereocenters. The van der Waals surface area contributed by atoms with E-state index in [9.17, 15) is 24.3 Å². The summed E-state index contributed by atoms with van der Waals surface area (Å²) in [5.41, 5.74) is 0.799. The maximum Gasteiger partial charge on any atom is 0.305 e. The number of amides is 2. The number of likely N-dealkylation sites (tertiary alicyclic amines) is 1. The van der Waals surface area contributed by atoms with Crippen LogP contribution in [-0.4, -0.2) is 95.9 Å². The smallest absolute Gasteiger partial charge is 0.305 e. The molecule has 0 radical (unpaired) electrons. The van der Waals surface area contributed by atoms with E-state index in [1.165, 1.54) is 23.8 Å². The summed E-state index contributed by atoms with van der Waals surface area (Å²) in [6.07, 6.45) is 5.26. The lowest BCUT2D eigenvalue weighted by Crippen LogP contribution is -2.37. The number of imide groups is 1. The van der Waals surface area contributed by atoms with E-state index in [1.54, 1.807) is 0 Å². The molecule has 0 aromatic rings. The lowest BCUT2D eigenvalue weighted by Gasteiger charge is -2.30. The van der Waals surface area contributed by atoms with Crippen LogP contribution in [0.15, 0.2) is 12.3 Å². The first-order valence-electron chi connectivity index (χ1n) is 14.6. The van der Waals surface area contributed by atoms with E-state index in [4.69, 9.17) is 14.2 Å². The van der Waals surface area contributed by atoms with Crippen LogP contribution < -0.4 is 5.32 Å². The summed E-state index contributed by atoms with van der Waals surface area (Å²) >= 11 is 1.48. The van der Waals surface area contributed by atoms with Crippen molar-refractivity contribution in [1.82, 2.24) is 10.2 Å². The van der Waals surface area contributed by atoms with Crippen LogP contribution >= 0.6 is 11.8 Å². The minimum Gasteiger partial charge on any atom is -0.460 e. The summed E-state index contributed by atoms with van der Waals surface area (Å²) in [7, 11) is 1.46. The molecule has 0 aromatic carbocycles. The van der Waals surface area contributed by atoms with Gasteiger partial charge in [-0.2, -0.15) is 0 Å². The van der Waals surface area contributed by atoms with Crippen molar-refractivity contribution in [2.24, 2.45) is 11.8 Å². The van der Waals surface area contributed by atoms with Gasteiger partial charge in [0.25, 0.3) is 0 Å². The zero-order valence-corrected chi connectivity index (χ0v) is 25.7. The number of thioether (sulfide) groups is 1. The molecule has 2 aliphatic rings. The van der Waals surface area contributed by atoms with Crippen molar-refractivity contribution < 1.29 is 44.0 Å². The lowest BCUT2D eigenvalue weighted by molar-refractivity contribution is -0.194. The van der Waals surface area contributed by atoms with Crippen molar-refractivity contribution in [3.8, 4) is 0 Å². The number of hydrogen-bond acceptors (Lipinski definition) is 10. The quantitative estimate of drug-likeness (QED) is 0.0915. The molecule has 1 saturated heterocycles. The third-order valence-corrected chi connectivity index (χ3v) is 8.81. The second-order valence-corrected chi connectivity index (χ2v) is 11.8. The second kappa shape index (κ2) is 20.0. The van der Waals surface area contributed by atoms with Crippen molar-refractivity contribution in [3.05, 3.63) is 12.3 Å². The number of esters is 1. The Labute approximate surface area is 248 Å². The van der Waals surface area contributed by atoms with Crippen molar-refractivity contribution in [1.29, 1.82) is 0 Å². The van der Waals surface area contributed by atoms with Crippen molar-refractivity contribution >= 4 is 35.3 Å². The predicted molar refractivity (Wildman–Crippen MR) is 157 cm³/mol. The summed E-state index contributed by atoms with van der Waals surface area (Å²) in [5, 5.41) is 12.1. The van der Waals surface area contributed by atoms with Gasteiger partial charge < -0.3 is 30.1 Å². The molecule has 4 N–H and O–H groups in total. The maximum absolute atomic E-state index is 12.9. The number of allylic oxidation sites excluding steroid dienone is 1. The fourth-order valence-electron chi connectivity index (χ4n) is 5.03. The molecule has 2 amide bonds. The summed E-state index contributed by atoms with van der Waals surface area (Å²) in [6, 6.07) is 0. The van der Waals surface area contributed by atoms with Gasteiger partial charge in [-0.1, -0.05) is 20.4 Å². The third kappa shape index (κ3) is 12.8. The van der Waals surface area contributed by atoms with Crippen LogP contribution in [-0.2, 0) is 33.4 Å². The maximum atomic E-state index is 12.9. The van der Waals surface area contributed by atoms with Gasteiger partial charge in [0.05, 0.1) is 18.0 Å². The molecule has 0 spiro atoms. The highest BCUT2D eigenvalue weighted by Gasteiger charge is 2.40. The van der Waals surface area contributed by atoms with Gasteiger partial charge in [-0.3, -0.25) is 24.1 Å². The third-order valence-electron chi connectivity index (χ3n) is 7.60. The number of methoxy groups -OCH3 is 1. The summed E-state index contributed by atoms with van der Waals surface area (Å²) in [5.74, 6) is 0.864. The standard InChI is InChI=1S/C29H48N2O8S.H2O/c1-5-23(18-32)39-28(37-4)19-38-27(35)9-7-8-20(3)30-14-15-40-25-16-26(34)31(29(25)36)17-21-10-12-22(13-11-21)24(33)6-2;/h21-23,25,28,30,32H,3,5-19H2,1-2,4H3;1H2. The van der Waals surface area contributed by atoms with Gasteiger partial charge in [0, 0.05) is 56.8 Å². The zero-order valence-electron chi connectivity index (χ0n) is 24.9. The van der Waals surface area contributed by atoms with E-state index in [0.29, 0.717) is 50.3 Å². The fourth-order valence-corrected chi connectivity index (χ4v) is 6.07. The number of aliphatic hydroxyl groups is 1. The average molecular weight is 603 g/mol. The van der Waals surface area contributed by atoms with Crippen LogP contribution in [0.3, 0.4) is 0 Å². The number of carbonyl (C=O) groups excluding carboxylic acids is 4. The molecule has 3 atom stereocenters. The fraction of sp³-hybridized carbons (Fsp3) is 0.793. The molecule has 236 valence electrons. The highest BCUT2D eigenvalue weighted by molar-refractivity contribution is 8.00. The van der Waals surface area contributed by atoms with Crippen molar-refractivity contribution in [2.45, 2.75) is 95.7 Å². The Morgan fingerprint density at radius 3 is 2.49 bits per heavy atom. The molecule has 1 heterocycles. The molecular weight excluding hydrogens is 552 g/mol. The predicted octanol–water partition coefficient (Wildman–Crippen LogP) is 2.38. The van der Waals surface area contributed by atoms with Crippen molar-refractivity contribution in [3.63, 3.8) is 0 Å². The number of hydrogen-bond donors (Lipinski definition) is 2. The van der Waals surface area contributed by atoms with E-state index >= 15 is 0 Å². The molecule has 2 rings (SSSR count). The topological polar surface area (TPSA) is 163 Å². The van der Waals surface area contributed by atoms with E-state index < -0.39 is 6.29 Å². The number of nitrogens with one attached hydrogen (secondary N) is 1. The van der Waals surface area contributed by atoms with Gasteiger partial charge in [0.15, 0.2) is 6.29 Å². The first-order chi connectivity index (χ1) is 19.2. The Morgan fingerprint density at radius 2 is 1.88 bits per heavy atom. The minimum absolute atomic E-state index is 0. The normalized spacial score (nSPS) is 22.1. The number of ketones is 1. The van der Waals surface area contributed by atoms with Crippen LogP contribution in [0.25, 0.3) is 0 Å². The number of carbonyl (C=O) groups is 4. The molecule has 12 heteroatoms. The Morgan fingerprint density at radius 1 is 1.17 bits per heavy atom. The van der Waals surface area contributed by atoms with Crippen LogP contribution in [0, 0.1) is 11.8 Å². The Hall–Kier alpha value is -1.99. The monoisotopic (exact) mass is 602 g/mol. The minimum atomic E-state index is -0.721. The van der Waals surface area contributed by atoms with Gasteiger partial charge >= 0.3 is 5.97 Å². The molecule has 0 bridgehead atoms. The van der Waals surface area contributed by atoms with E-state index in [-0.39, 0.29) is 72.5 Å². The summed E-state index contributed by atoms with van der Waals surface area (Å²) < 4.78 is 15.9. The Balaban J connectivity index is 0.00000840. The van der Waals surface area contributed by atoms with E-state index in [0.717, 1.165) is 31.4 Å². The summed E-state index contributed by atoms with van der Waals surface area (Å²) in [4.78, 5) is 50.8. The molecule has 1 aliphatic carbocycles. The highest BCUT2D eigenvalue weighted by atomic mass is 32.2. The Kier molecular flexibility index (Phi) is 18.1. The molecule has 1 aliphatic heterocycles. The van der Waals surface area contributed by atoms with Crippen LogP contribution in [0.2, 0.25) is 0 Å². The summed E-state index contributed by atoms with van der Waals surface area (Å²) in [6.45, 7) is 8.70. The first-order valence-corrected chi connectivity index (χ1v) is 15.6. The van der Waals surface area contributed by atoms with Gasteiger partial charge in [-0.05, 0) is 50.9 Å². The lowest BCUT2D eigenvalue weighted by atomic mass is 9.79. The molecule has 41 heavy (non-hydrogen) atoms. The number of rotatable bonds is 20. The second-order valence-electron chi connectivity index (χ2n) is 10.5. The van der Waals surface area contributed by atoms with E-state index in [1.807, 2.05) is 13.8 Å². The zero-order chi connectivity index (χ0) is 29.5. The number of ether oxygens (including phenoxy) is 3. The molecular formula is C29H50N2O9S. The number of Topliss-reactive ketones (excluding diaryl/α,β-unsaturated/α-hetero) is 1. The Bertz CT molecular complexity index is 844. The van der Waals surface area contributed by atoms with Crippen LogP contribution in [0.5, 0.6) is 0 Å². The van der Waals surface area contributed by atoms with Gasteiger partial charge in [-0.15, -0.1) is 11.8 Å². The van der Waals surface area contributed by atoms with Gasteiger partial charge in [0.1, 0.15) is 12.4 Å². The largest absolute Gasteiger partial charge is 0.460 e. The van der Waals surface area contributed by atoms with Crippen LogP contribution in [0.4, 0.5) is 0 Å². The van der Waals surface area contributed by atoms with Gasteiger partial charge in [-0.25, -0.2) is 0 Å². The average Bonchev–Trinajstić information content (AvgIpc) is 3.22. The highest BCUT2D eigenvalue weighted by Crippen LogP contribution is 2.33. The molecule has 11 nitrogen and oxygen atoms in total. The SMILES string of the molecule is C=C(CCCC(=O)OCC(OC)OC(CC)CO)NCCSC1CC(=O)N(CC2CCC(C(=O)CC)CC2)C1=O.O. The number of aliphatic hydroxyl groups excluding tert-OH is 1. The van der Waals surface area contributed by atoms with Gasteiger partial charge in [0.2, 0.25) is 11.8 Å². The molecule has 2 fully saturated rings. The van der Waals surface area contributed by atoms with E-state index in [2.05, 4.69) is 11.9 Å². The number of nitrogens with zero attached hydrogens (tertiary/aromatic N) is 1.